The Morgan fingerprint density at radius 3 is 2.62 bits per heavy atom. The maximum Gasteiger partial charge on any atom is 0.308 e. The number of thioether (sulfide) groups is 1. The van der Waals surface area contributed by atoms with Crippen molar-refractivity contribution in [1.82, 2.24) is 5.32 Å². The predicted octanol–water partition coefficient (Wildman–Crippen LogP) is 2.33. The Morgan fingerprint density at radius 1 is 1.33 bits per heavy atom. The molecular formula is C15H13IN2O5S. The minimum Gasteiger partial charge on any atom is -0.493 e. The maximum absolute atomic E-state index is 11.9. The highest BCUT2D eigenvalue weighted by molar-refractivity contribution is 14.1. The number of aliphatic imine (C=N–C) groups is 1. The van der Waals surface area contributed by atoms with E-state index < -0.39 is 11.9 Å². The average Bonchev–Trinajstić information content (AvgIpc) is 2.80. The summed E-state index contributed by atoms with van der Waals surface area (Å²) in [6.45, 7) is 2.65. The van der Waals surface area contributed by atoms with Crippen LogP contribution >= 0.6 is 34.4 Å². The van der Waals surface area contributed by atoms with Crippen molar-refractivity contribution in [3.8, 4) is 11.5 Å². The van der Waals surface area contributed by atoms with Gasteiger partial charge in [-0.15, -0.1) is 0 Å². The summed E-state index contributed by atoms with van der Waals surface area (Å²) in [7, 11) is 1.46. The topological polar surface area (TPSA) is 94.1 Å². The van der Waals surface area contributed by atoms with Crippen LogP contribution in [0.3, 0.4) is 0 Å². The van der Waals surface area contributed by atoms with E-state index in [-0.39, 0.29) is 11.1 Å². The zero-order chi connectivity index (χ0) is 17.9. The second kappa shape index (κ2) is 7.79. The average molecular weight is 460 g/mol. The van der Waals surface area contributed by atoms with Gasteiger partial charge in [-0.3, -0.25) is 14.4 Å². The molecule has 0 saturated heterocycles. The number of nitrogens with zero attached hydrogens (tertiary/aromatic N) is 1. The lowest BCUT2D eigenvalue weighted by Crippen LogP contribution is -2.23. The summed E-state index contributed by atoms with van der Waals surface area (Å²) in [5.74, 6) is -0.470. The Bertz CT molecular complexity index is 788. The molecule has 0 unspecified atom stereocenters. The van der Waals surface area contributed by atoms with Crippen LogP contribution in [0.2, 0.25) is 0 Å². The van der Waals surface area contributed by atoms with E-state index in [9.17, 15) is 14.4 Å². The second-order valence-electron chi connectivity index (χ2n) is 4.64. The Kier molecular flexibility index (Phi) is 5.99. The van der Waals surface area contributed by atoms with Gasteiger partial charge in [0.05, 0.1) is 15.6 Å². The van der Waals surface area contributed by atoms with Crippen LogP contribution in [0.4, 0.5) is 0 Å². The van der Waals surface area contributed by atoms with E-state index in [0.29, 0.717) is 25.5 Å². The summed E-state index contributed by atoms with van der Waals surface area (Å²) in [5, 5.41) is 2.73. The van der Waals surface area contributed by atoms with Crippen molar-refractivity contribution >= 4 is 63.4 Å². The molecular weight excluding hydrogens is 447 g/mol. The Balaban J connectivity index is 2.31. The lowest BCUT2D eigenvalue weighted by molar-refractivity contribution is -0.132. The van der Waals surface area contributed by atoms with Crippen molar-refractivity contribution < 1.29 is 23.9 Å². The molecule has 126 valence electrons. The van der Waals surface area contributed by atoms with Crippen molar-refractivity contribution in [2.24, 2.45) is 4.99 Å². The fourth-order valence-corrected chi connectivity index (χ4v) is 3.43. The third kappa shape index (κ3) is 4.57. The number of rotatable bonds is 3. The number of halogens is 1. The second-order valence-corrected chi connectivity index (χ2v) is 6.83. The van der Waals surface area contributed by atoms with Crippen LogP contribution < -0.4 is 14.8 Å². The van der Waals surface area contributed by atoms with E-state index in [0.717, 1.165) is 11.8 Å². The smallest absolute Gasteiger partial charge is 0.308 e. The Hall–Kier alpha value is -1.88. The summed E-state index contributed by atoms with van der Waals surface area (Å²) in [6, 6.07) is 3.40. The highest BCUT2D eigenvalue weighted by atomic mass is 127. The van der Waals surface area contributed by atoms with E-state index in [1.807, 2.05) is 22.6 Å². The molecule has 2 amide bonds. The molecule has 1 aromatic rings. The van der Waals surface area contributed by atoms with Crippen molar-refractivity contribution in [2.45, 2.75) is 13.8 Å². The molecule has 9 heteroatoms. The number of hydrogen-bond acceptors (Lipinski definition) is 6. The molecule has 0 saturated carbocycles. The fraction of sp³-hybridized carbons (Fsp3) is 0.200. The monoisotopic (exact) mass is 460 g/mol. The zero-order valence-corrected chi connectivity index (χ0v) is 16.0. The number of nitrogens with one attached hydrogen (secondary N) is 1. The van der Waals surface area contributed by atoms with Crippen LogP contribution in [0.1, 0.15) is 19.4 Å². The summed E-state index contributed by atoms with van der Waals surface area (Å²) < 4.78 is 11.0. The van der Waals surface area contributed by atoms with Gasteiger partial charge >= 0.3 is 5.97 Å². The Morgan fingerprint density at radius 2 is 2.04 bits per heavy atom. The van der Waals surface area contributed by atoms with Gasteiger partial charge in [-0.1, -0.05) is 0 Å². The minimum absolute atomic E-state index is 0.247. The van der Waals surface area contributed by atoms with Gasteiger partial charge in [-0.25, -0.2) is 0 Å². The van der Waals surface area contributed by atoms with E-state index in [4.69, 9.17) is 9.47 Å². The first-order valence-electron chi connectivity index (χ1n) is 6.66. The quantitative estimate of drug-likeness (QED) is 0.322. The van der Waals surface area contributed by atoms with Crippen LogP contribution in [0.25, 0.3) is 6.08 Å². The predicted molar refractivity (Wildman–Crippen MR) is 98.8 cm³/mol. The fourth-order valence-electron chi connectivity index (χ4n) is 1.83. The molecule has 1 aliphatic heterocycles. The number of carbonyl (C=O) groups excluding carboxylic acids is 3. The van der Waals surface area contributed by atoms with Crippen LogP contribution in [0.15, 0.2) is 22.0 Å². The first kappa shape index (κ1) is 18.5. The number of esters is 1. The SMILES string of the molecule is COc1cc(/C=C2\SC(NC(C)=O)=NC2=O)cc(I)c1OC(C)=O. The molecule has 0 atom stereocenters. The van der Waals surface area contributed by atoms with E-state index in [2.05, 4.69) is 10.3 Å². The van der Waals surface area contributed by atoms with Gasteiger partial charge in [0.25, 0.3) is 5.91 Å². The Labute approximate surface area is 156 Å². The largest absolute Gasteiger partial charge is 0.493 e. The van der Waals surface area contributed by atoms with Crippen molar-refractivity contribution in [2.75, 3.05) is 7.11 Å². The molecule has 24 heavy (non-hydrogen) atoms. The normalized spacial score (nSPS) is 15.2. The molecule has 0 spiro atoms. The number of carbonyl (C=O) groups is 3. The van der Waals surface area contributed by atoms with Crippen molar-refractivity contribution in [3.05, 3.63) is 26.2 Å². The minimum atomic E-state index is -0.452. The van der Waals surface area contributed by atoms with E-state index in [1.165, 1.54) is 21.0 Å². The number of amidine groups is 1. The van der Waals surface area contributed by atoms with Crippen LogP contribution in [0, 0.1) is 3.57 Å². The highest BCUT2D eigenvalue weighted by Gasteiger charge is 2.23. The van der Waals surface area contributed by atoms with Crippen molar-refractivity contribution in [1.29, 1.82) is 0 Å². The number of benzene rings is 1. The third-order valence-electron chi connectivity index (χ3n) is 2.70. The van der Waals surface area contributed by atoms with Gasteiger partial charge in [0.15, 0.2) is 16.7 Å². The van der Waals surface area contributed by atoms with Gasteiger partial charge in [0.2, 0.25) is 5.91 Å². The molecule has 0 radical (unpaired) electrons. The van der Waals surface area contributed by atoms with Gasteiger partial charge in [-0.2, -0.15) is 4.99 Å². The molecule has 0 aliphatic carbocycles. The standard InChI is InChI=1S/C15H13IN2O5S/c1-7(19)17-15-18-14(21)12(24-15)6-9-4-10(16)13(23-8(2)20)11(5-9)22-3/h4-6H,1-3H3,(H,17,18,19,21)/b12-6-. The summed E-state index contributed by atoms with van der Waals surface area (Å²) >= 11 is 3.09. The van der Waals surface area contributed by atoms with E-state index in [1.54, 1.807) is 18.2 Å². The summed E-state index contributed by atoms with van der Waals surface area (Å²) in [5.41, 5.74) is 0.683. The molecule has 2 rings (SSSR count). The van der Waals surface area contributed by atoms with Crippen LogP contribution in [0.5, 0.6) is 11.5 Å². The molecule has 0 fully saturated rings. The van der Waals surface area contributed by atoms with Gasteiger partial charge in [-0.05, 0) is 58.1 Å². The van der Waals surface area contributed by atoms with E-state index >= 15 is 0 Å². The number of ether oxygens (including phenoxy) is 2. The number of amides is 2. The molecule has 1 heterocycles. The van der Waals surface area contributed by atoms with Crippen LogP contribution in [-0.2, 0) is 14.4 Å². The zero-order valence-electron chi connectivity index (χ0n) is 13.0. The third-order valence-corrected chi connectivity index (χ3v) is 4.40. The molecule has 7 nitrogen and oxygen atoms in total. The first-order valence-corrected chi connectivity index (χ1v) is 8.55. The maximum atomic E-state index is 11.9. The molecule has 1 aliphatic rings. The van der Waals surface area contributed by atoms with Gasteiger partial charge < -0.3 is 14.8 Å². The first-order chi connectivity index (χ1) is 11.3. The number of methoxy groups -OCH3 is 1. The molecule has 1 N–H and O–H groups in total. The molecule has 0 bridgehead atoms. The highest BCUT2D eigenvalue weighted by Crippen LogP contribution is 2.36. The van der Waals surface area contributed by atoms with Gasteiger partial charge in [0.1, 0.15) is 0 Å². The van der Waals surface area contributed by atoms with Crippen LogP contribution in [-0.4, -0.2) is 30.1 Å². The summed E-state index contributed by atoms with van der Waals surface area (Å²) in [4.78, 5) is 38.2. The number of hydrogen-bond donors (Lipinski definition) is 1. The van der Waals surface area contributed by atoms with Gasteiger partial charge in [0, 0.05) is 13.8 Å². The van der Waals surface area contributed by atoms with Crippen molar-refractivity contribution in [3.63, 3.8) is 0 Å². The molecule has 0 aromatic heterocycles. The summed E-state index contributed by atoms with van der Waals surface area (Å²) in [6.07, 6.45) is 1.63. The molecule has 1 aromatic carbocycles. The lowest BCUT2D eigenvalue weighted by atomic mass is 10.2. The lowest BCUT2D eigenvalue weighted by Gasteiger charge is -2.11.